The second-order valence-electron chi connectivity index (χ2n) is 26.7. The summed E-state index contributed by atoms with van der Waals surface area (Å²) in [5, 5.41) is 0. The van der Waals surface area contributed by atoms with Crippen LogP contribution in [0, 0.1) is 100 Å². The summed E-state index contributed by atoms with van der Waals surface area (Å²) in [4.78, 5) is 3.40. The van der Waals surface area contributed by atoms with Crippen molar-refractivity contribution in [2.24, 2.45) is 100 Å². The summed E-state index contributed by atoms with van der Waals surface area (Å²) in [7, 11) is 0. The third kappa shape index (κ3) is 7.43. The molecule has 0 aromatic heterocycles. The van der Waals surface area contributed by atoms with Crippen molar-refractivity contribution >= 4 is 0 Å². The zero-order valence-corrected chi connectivity index (χ0v) is 39.5. The van der Waals surface area contributed by atoms with Gasteiger partial charge in [-0.2, -0.15) is 0 Å². The summed E-state index contributed by atoms with van der Waals surface area (Å²) in [6.45, 7) is 5.54. The summed E-state index contributed by atoms with van der Waals surface area (Å²) in [6, 6.07) is 2.50. The first-order valence-electron chi connectivity index (χ1n) is 28.9. The summed E-state index contributed by atoms with van der Waals surface area (Å²) in [5.74, 6) is 16.3. The predicted octanol–water partition coefficient (Wildman–Crippen LogP) is 15.5. The zero-order chi connectivity index (χ0) is 40.0. The van der Waals surface area contributed by atoms with Gasteiger partial charge in [0, 0.05) is 18.1 Å². The Morgan fingerprint density at radius 3 is 1.62 bits per heavy atom. The van der Waals surface area contributed by atoms with Crippen molar-refractivity contribution in [1.82, 2.24) is 4.90 Å². The number of nitrogens with zero attached hydrogens (tertiary/aromatic N) is 1. The minimum Gasteiger partial charge on any atom is -0.374 e. The minimum absolute atomic E-state index is 0.556. The maximum absolute atomic E-state index is 7.83. The van der Waals surface area contributed by atoms with Crippen molar-refractivity contribution in [3.05, 3.63) is 0 Å². The number of fused-ring (bicyclic) bond motifs is 9. The summed E-state index contributed by atoms with van der Waals surface area (Å²) >= 11 is 0. The third-order valence-corrected chi connectivity index (χ3v) is 24.3. The van der Waals surface area contributed by atoms with E-state index < -0.39 is 0 Å². The average Bonchev–Trinajstić information content (AvgIpc) is 3.97. The molecule has 12 aliphatic rings. The van der Waals surface area contributed by atoms with E-state index in [1.807, 2.05) is 0 Å². The van der Waals surface area contributed by atoms with Crippen LogP contribution in [0.2, 0.25) is 0 Å². The molecule has 0 aromatic carbocycles. The second kappa shape index (κ2) is 17.3. The van der Waals surface area contributed by atoms with E-state index >= 15 is 0 Å². The third-order valence-electron chi connectivity index (χ3n) is 24.3. The maximum atomic E-state index is 7.83. The van der Waals surface area contributed by atoms with Crippen LogP contribution in [0.3, 0.4) is 0 Å². The van der Waals surface area contributed by atoms with Gasteiger partial charge < -0.3 is 4.74 Å². The summed E-state index contributed by atoms with van der Waals surface area (Å²) in [5.41, 5.74) is 0.556. The Morgan fingerprint density at radius 2 is 0.833 bits per heavy atom. The van der Waals surface area contributed by atoms with E-state index in [1.165, 1.54) is 116 Å². The highest BCUT2D eigenvalue weighted by Crippen LogP contribution is 2.65. The lowest BCUT2D eigenvalue weighted by atomic mass is 9.54. The van der Waals surface area contributed by atoms with Crippen LogP contribution in [0.5, 0.6) is 0 Å². The normalized spacial score (nSPS) is 52.1. The van der Waals surface area contributed by atoms with Crippen LogP contribution < -0.4 is 0 Å². The van der Waals surface area contributed by atoms with Gasteiger partial charge in [0.2, 0.25) is 0 Å². The Morgan fingerprint density at radius 1 is 0.333 bits per heavy atom. The van der Waals surface area contributed by atoms with Crippen molar-refractivity contribution in [3.63, 3.8) is 0 Å². The molecule has 17 unspecified atom stereocenters. The van der Waals surface area contributed by atoms with Crippen molar-refractivity contribution in [2.75, 3.05) is 0 Å². The molecule has 0 amide bonds. The molecular formula is C58H95NO. The zero-order valence-electron chi connectivity index (χ0n) is 39.5. The minimum atomic E-state index is 0.556. The van der Waals surface area contributed by atoms with Gasteiger partial charge >= 0.3 is 0 Å². The quantitative estimate of drug-likeness (QED) is 0.265. The van der Waals surface area contributed by atoms with Gasteiger partial charge in [0.15, 0.2) is 0 Å². The van der Waals surface area contributed by atoms with Crippen molar-refractivity contribution < 1.29 is 4.74 Å². The number of ether oxygens (including phenoxy) is 1. The largest absolute Gasteiger partial charge is 0.374 e. The van der Waals surface area contributed by atoms with E-state index in [9.17, 15) is 0 Å². The fourth-order valence-corrected chi connectivity index (χ4v) is 21.7. The Kier molecular flexibility index (Phi) is 11.9. The summed E-state index contributed by atoms with van der Waals surface area (Å²) < 4.78 is 7.83. The molecule has 17 atom stereocenters. The molecule has 0 aromatic rings. The van der Waals surface area contributed by atoms with Gasteiger partial charge in [0.1, 0.15) is 0 Å². The SMILES string of the molecule is CC1(C)C2CCCCC2C2CCC(N(C3CCC(C4CCCCC4)CC3)C3CCC4C(C3)OC3C5CCCCC5CC(C5CCC6CC(C7CCCCC7)CC6C5)C43)CC21. The van der Waals surface area contributed by atoms with Crippen LogP contribution in [0.4, 0.5) is 0 Å². The van der Waals surface area contributed by atoms with Crippen LogP contribution in [-0.4, -0.2) is 35.2 Å². The van der Waals surface area contributed by atoms with E-state index in [0.717, 1.165) is 113 Å². The van der Waals surface area contributed by atoms with Crippen LogP contribution in [-0.2, 0) is 4.74 Å². The van der Waals surface area contributed by atoms with Crippen LogP contribution >= 0.6 is 0 Å². The molecule has 2 nitrogen and oxygen atoms in total. The highest BCUT2D eigenvalue weighted by Gasteiger charge is 2.61. The lowest BCUT2D eigenvalue weighted by Crippen LogP contribution is -2.56. The highest BCUT2D eigenvalue weighted by atomic mass is 16.5. The van der Waals surface area contributed by atoms with E-state index in [0.29, 0.717) is 17.6 Å². The fraction of sp³-hybridized carbons (Fsp3) is 1.00. The molecular weight excluding hydrogens is 727 g/mol. The van der Waals surface area contributed by atoms with Crippen LogP contribution in [0.25, 0.3) is 0 Å². The molecule has 60 heavy (non-hydrogen) atoms. The Balaban J connectivity index is 0.780. The highest BCUT2D eigenvalue weighted by molar-refractivity contribution is 5.10. The van der Waals surface area contributed by atoms with Crippen molar-refractivity contribution in [1.29, 1.82) is 0 Å². The maximum Gasteiger partial charge on any atom is 0.0644 e. The Hall–Kier alpha value is -0.0800. The Labute approximate surface area is 370 Å². The van der Waals surface area contributed by atoms with Crippen molar-refractivity contribution in [3.8, 4) is 0 Å². The number of rotatable bonds is 6. The molecule has 11 aliphatic carbocycles. The van der Waals surface area contributed by atoms with Gasteiger partial charge in [-0.1, -0.05) is 110 Å². The standard InChI is InChI=1S/C58H95NO/c1-58(2)53-20-12-11-19-49(53)50-29-27-46(35-54(50)58)59(45-25-23-39(24-26-45)37-13-5-3-6-14-37)47-28-30-51-55(36-47)60-57-48-18-10-9-17-41(48)34-52(56(51)57)42-22-21-40-31-43(33-44(40)32-42)38-15-7-4-8-16-38/h37-57H,3-36H2,1-2H3. The predicted molar refractivity (Wildman–Crippen MR) is 248 cm³/mol. The van der Waals surface area contributed by atoms with Gasteiger partial charge in [-0.25, -0.2) is 0 Å². The Bertz CT molecular complexity index is 1430. The van der Waals surface area contributed by atoms with Gasteiger partial charge in [0.25, 0.3) is 0 Å². The summed E-state index contributed by atoms with van der Waals surface area (Å²) in [6.07, 6.45) is 53.7. The monoisotopic (exact) mass is 822 g/mol. The van der Waals surface area contributed by atoms with Crippen LogP contribution in [0.15, 0.2) is 0 Å². The molecule has 12 rings (SSSR count). The van der Waals surface area contributed by atoms with Gasteiger partial charge in [0.05, 0.1) is 12.2 Å². The molecule has 1 heterocycles. The lowest BCUT2D eigenvalue weighted by Gasteiger charge is -2.53. The van der Waals surface area contributed by atoms with E-state index in [1.54, 1.807) is 103 Å². The molecule has 12 fully saturated rings. The topological polar surface area (TPSA) is 12.5 Å². The van der Waals surface area contributed by atoms with Gasteiger partial charge in [-0.15, -0.1) is 0 Å². The molecule has 2 heteroatoms. The average molecular weight is 822 g/mol. The van der Waals surface area contributed by atoms with Crippen molar-refractivity contribution in [2.45, 2.75) is 262 Å². The molecule has 0 N–H and O–H groups in total. The molecule has 11 saturated carbocycles. The first-order chi connectivity index (χ1) is 29.5. The second-order valence-corrected chi connectivity index (χ2v) is 26.7. The molecule has 0 radical (unpaired) electrons. The number of hydrogen-bond acceptors (Lipinski definition) is 2. The molecule has 338 valence electrons. The smallest absolute Gasteiger partial charge is 0.0644 e. The first kappa shape index (κ1) is 41.4. The molecule has 1 aliphatic heterocycles. The number of hydrogen-bond donors (Lipinski definition) is 0. The molecule has 1 saturated heterocycles. The van der Waals surface area contributed by atoms with E-state index in [2.05, 4.69) is 18.7 Å². The molecule has 0 bridgehead atoms. The lowest BCUT2D eigenvalue weighted by molar-refractivity contribution is -0.0910. The van der Waals surface area contributed by atoms with Crippen LogP contribution in [0.1, 0.15) is 232 Å². The fourth-order valence-electron chi connectivity index (χ4n) is 21.7. The van der Waals surface area contributed by atoms with E-state index in [-0.39, 0.29) is 0 Å². The van der Waals surface area contributed by atoms with Gasteiger partial charge in [-0.05, 0) is 222 Å². The van der Waals surface area contributed by atoms with Gasteiger partial charge in [-0.3, -0.25) is 4.90 Å². The van der Waals surface area contributed by atoms with E-state index in [4.69, 9.17) is 4.74 Å². The molecule has 0 spiro atoms. The first-order valence-corrected chi connectivity index (χ1v) is 28.9.